The summed E-state index contributed by atoms with van der Waals surface area (Å²) < 4.78 is 6.75. The average molecular weight is 350 g/mol. The summed E-state index contributed by atoms with van der Waals surface area (Å²) in [6.07, 6.45) is 3.83. The third kappa shape index (κ3) is 3.00. The molecule has 2 heterocycles. The van der Waals surface area contributed by atoms with Crippen LogP contribution in [0.2, 0.25) is 0 Å². The Morgan fingerprint density at radius 2 is 1.92 bits per heavy atom. The molecule has 0 bridgehead atoms. The van der Waals surface area contributed by atoms with Gasteiger partial charge in [-0.05, 0) is 36.1 Å². The molecular formula is C22H26N2O2. The van der Waals surface area contributed by atoms with Gasteiger partial charge in [-0.3, -0.25) is 4.79 Å². The molecule has 1 unspecified atom stereocenters. The Hall–Kier alpha value is -2.62. The molecule has 0 aliphatic heterocycles. The van der Waals surface area contributed by atoms with E-state index in [0.717, 1.165) is 11.0 Å². The van der Waals surface area contributed by atoms with Crippen molar-refractivity contribution in [2.75, 3.05) is 7.11 Å². The van der Waals surface area contributed by atoms with Crippen LogP contribution in [0.25, 0.3) is 11.0 Å². The molecule has 0 radical (unpaired) electrons. The molecule has 4 nitrogen and oxygen atoms in total. The van der Waals surface area contributed by atoms with Gasteiger partial charge in [-0.2, -0.15) is 0 Å². The van der Waals surface area contributed by atoms with E-state index in [2.05, 4.69) is 69.2 Å². The van der Waals surface area contributed by atoms with Gasteiger partial charge in [0.15, 0.2) is 0 Å². The number of nitrogens with zero attached hydrogens (tertiary/aromatic N) is 2. The van der Waals surface area contributed by atoms with E-state index in [4.69, 9.17) is 4.74 Å². The number of fused-ring (bicyclic) bond motifs is 1. The third-order valence-electron chi connectivity index (χ3n) is 5.53. The quantitative estimate of drug-likeness (QED) is 0.637. The fourth-order valence-electron chi connectivity index (χ4n) is 3.56. The van der Waals surface area contributed by atoms with Gasteiger partial charge in [-0.25, -0.2) is 4.98 Å². The van der Waals surface area contributed by atoms with Crippen molar-refractivity contribution in [3.05, 3.63) is 65.5 Å². The summed E-state index contributed by atoms with van der Waals surface area (Å²) in [5, 5.41) is 1.08. The molecular weight excluding hydrogens is 324 g/mol. The van der Waals surface area contributed by atoms with Gasteiger partial charge in [0, 0.05) is 23.2 Å². The van der Waals surface area contributed by atoms with Crippen LogP contribution >= 0.6 is 0 Å². The Labute approximate surface area is 154 Å². The smallest absolute Gasteiger partial charge is 0.325 e. The molecule has 2 aromatic heterocycles. The first-order valence-electron chi connectivity index (χ1n) is 8.96. The molecule has 3 aromatic rings. The molecule has 26 heavy (non-hydrogen) atoms. The molecule has 0 aliphatic rings. The van der Waals surface area contributed by atoms with Crippen molar-refractivity contribution < 1.29 is 9.53 Å². The normalized spacial score (nSPS) is 13.8. The maximum atomic E-state index is 11.9. The summed E-state index contributed by atoms with van der Waals surface area (Å²) in [6.45, 7) is 9.00. The number of rotatable bonds is 5. The van der Waals surface area contributed by atoms with Gasteiger partial charge in [-0.15, -0.1) is 0 Å². The van der Waals surface area contributed by atoms with Gasteiger partial charge in [0.25, 0.3) is 0 Å². The van der Waals surface area contributed by atoms with E-state index in [9.17, 15) is 4.79 Å². The van der Waals surface area contributed by atoms with Crippen molar-refractivity contribution in [1.29, 1.82) is 0 Å². The standard InChI is InChI=1S/C22H26N2O2/c1-15(2)22(4,17-10-8-16(3)9-11-17)19-13-24(14-20(25)26-5)21-18(19)7-6-12-23-21/h6-13,15H,14H2,1-5H3. The lowest BCUT2D eigenvalue weighted by atomic mass is 9.68. The Morgan fingerprint density at radius 1 is 1.23 bits per heavy atom. The van der Waals surface area contributed by atoms with E-state index in [-0.39, 0.29) is 17.9 Å². The topological polar surface area (TPSA) is 44.1 Å². The number of aromatic nitrogens is 2. The first kappa shape index (κ1) is 18.2. The first-order chi connectivity index (χ1) is 12.4. The van der Waals surface area contributed by atoms with E-state index < -0.39 is 0 Å². The molecule has 0 amide bonds. The molecule has 136 valence electrons. The summed E-state index contributed by atoms with van der Waals surface area (Å²) in [4.78, 5) is 16.4. The summed E-state index contributed by atoms with van der Waals surface area (Å²) in [6, 6.07) is 12.7. The van der Waals surface area contributed by atoms with Crippen molar-refractivity contribution in [3.63, 3.8) is 0 Å². The molecule has 1 atom stereocenters. The van der Waals surface area contributed by atoms with Crippen LogP contribution in [0, 0.1) is 12.8 Å². The van der Waals surface area contributed by atoms with Crippen molar-refractivity contribution in [2.45, 2.75) is 39.7 Å². The highest BCUT2D eigenvalue weighted by Gasteiger charge is 2.35. The second-order valence-corrected chi connectivity index (χ2v) is 7.34. The second-order valence-electron chi connectivity index (χ2n) is 7.34. The van der Waals surface area contributed by atoms with E-state index in [1.165, 1.54) is 23.8 Å². The van der Waals surface area contributed by atoms with Gasteiger partial charge in [0.2, 0.25) is 0 Å². The van der Waals surface area contributed by atoms with Gasteiger partial charge in [0.05, 0.1) is 7.11 Å². The number of methoxy groups -OCH3 is 1. The van der Waals surface area contributed by atoms with E-state index >= 15 is 0 Å². The predicted octanol–water partition coefficient (Wildman–Crippen LogP) is 4.48. The minimum Gasteiger partial charge on any atom is -0.468 e. The van der Waals surface area contributed by atoms with Gasteiger partial charge < -0.3 is 9.30 Å². The highest BCUT2D eigenvalue weighted by Crippen LogP contribution is 2.42. The number of benzene rings is 1. The average Bonchev–Trinajstić information content (AvgIpc) is 3.00. The maximum absolute atomic E-state index is 11.9. The molecule has 0 spiro atoms. The number of hydrogen-bond acceptors (Lipinski definition) is 3. The van der Waals surface area contributed by atoms with E-state index in [1.54, 1.807) is 6.20 Å². The van der Waals surface area contributed by atoms with Crippen LogP contribution in [0.3, 0.4) is 0 Å². The number of carbonyl (C=O) groups is 1. The fraction of sp³-hybridized carbons (Fsp3) is 0.364. The fourth-order valence-corrected chi connectivity index (χ4v) is 3.56. The Kier molecular flexibility index (Phi) is 4.86. The zero-order valence-corrected chi connectivity index (χ0v) is 16.1. The van der Waals surface area contributed by atoms with Crippen LogP contribution in [0.1, 0.15) is 37.5 Å². The predicted molar refractivity (Wildman–Crippen MR) is 104 cm³/mol. The van der Waals surface area contributed by atoms with Crippen molar-refractivity contribution in [3.8, 4) is 0 Å². The first-order valence-corrected chi connectivity index (χ1v) is 8.96. The highest BCUT2D eigenvalue weighted by atomic mass is 16.5. The molecule has 0 N–H and O–H groups in total. The lowest BCUT2D eigenvalue weighted by Gasteiger charge is -2.34. The lowest BCUT2D eigenvalue weighted by Crippen LogP contribution is -2.30. The van der Waals surface area contributed by atoms with Crippen LogP contribution in [0.4, 0.5) is 0 Å². The van der Waals surface area contributed by atoms with E-state index in [0.29, 0.717) is 5.92 Å². The number of pyridine rings is 1. The van der Waals surface area contributed by atoms with Crippen molar-refractivity contribution in [2.24, 2.45) is 5.92 Å². The molecule has 0 saturated carbocycles. The summed E-state index contributed by atoms with van der Waals surface area (Å²) in [5.41, 5.74) is 4.31. The van der Waals surface area contributed by atoms with Crippen LogP contribution in [0.5, 0.6) is 0 Å². The van der Waals surface area contributed by atoms with E-state index in [1.807, 2.05) is 10.6 Å². The third-order valence-corrected chi connectivity index (χ3v) is 5.53. The zero-order chi connectivity index (χ0) is 18.9. The maximum Gasteiger partial charge on any atom is 0.325 e. The van der Waals surface area contributed by atoms with Crippen LogP contribution in [0.15, 0.2) is 48.8 Å². The summed E-state index contributed by atoms with van der Waals surface area (Å²) >= 11 is 0. The summed E-state index contributed by atoms with van der Waals surface area (Å²) in [7, 11) is 1.41. The monoisotopic (exact) mass is 350 g/mol. The Balaban J connectivity index is 2.23. The number of hydrogen-bond donors (Lipinski definition) is 0. The number of carbonyl (C=O) groups excluding carboxylic acids is 1. The highest BCUT2D eigenvalue weighted by molar-refractivity contribution is 5.84. The largest absolute Gasteiger partial charge is 0.468 e. The zero-order valence-electron chi connectivity index (χ0n) is 16.1. The van der Waals surface area contributed by atoms with Crippen LogP contribution < -0.4 is 0 Å². The number of esters is 1. The van der Waals surface area contributed by atoms with Gasteiger partial charge in [0.1, 0.15) is 12.2 Å². The molecule has 3 rings (SSSR count). The molecule has 0 saturated heterocycles. The van der Waals surface area contributed by atoms with Gasteiger partial charge in [-0.1, -0.05) is 50.6 Å². The van der Waals surface area contributed by atoms with Crippen LogP contribution in [-0.2, 0) is 21.5 Å². The Bertz CT molecular complexity index is 925. The summed E-state index contributed by atoms with van der Waals surface area (Å²) in [5.74, 6) is 0.0864. The number of ether oxygens (including phenoxy) is 1. The molecule has 4 heteroatoms. The van der Waals surface area contributed by atoms with Crippen molar-refractivity contribution >= 4 is 17.0 Å². The second kappa shape index (κ2) is 6.94. The van der Waals surface area contributed by atoms with Crippen molar-refractivity contribution in [1.82, 2.24) is 9.55 Å². The minimum atomic E-state index is -0.277. The molecule has 0 aliphatic carbocycles. The molecule has 1 aromatic carbocycles. The van der Waals surface area contributed by atoms with Gasteiger partial charge >= 0.3 is 5.97 Å². The Morgan fingerprint density at radius 3 is 2.54 bits per heavy atom. The molecule has 0 fully saturated rings. The number of aryl methyl sites for hydroxylation is 1. The lowest BCUT2D eigenvalue weighted by molar-refractivity contribution is -0.141. The van der Waals surface area contributed by atoms with Crippen LogP contribution in [-0.4, -0.2) is 22.6 Å². The SMILES string of the molecule is COC(=O)Cn1cc(C(C)(c2ccc(C)cc2)C(C)C)c2cccnc21. The minimum absolute atomic E-state index is 0.159.